The minimum atomic E-state index is -0.632. The molecule has 0 fully saturated rings. The zero-order valence-corrected chi connectivity index (χ0v) is 9.25. The van der Waals surface area contributed by atoms with E-state index in [0.717, 1.165) is 13.1 Å². The Bertz CT molecular complexity index is 273. The monoisotopic (exact) mass is 196 g/mol. The first-order chi connectivity index (χ1) is 6.51. The molecule has 1 aromatic heterocycles. The van der Waals surface area contributed by atoms with Gasteiger partial charge in [0, 0.05) is 32.0 Å². The number of aryl methyl sites for hydroxylation is 1. The molecular formula is C11H20N2O. The highest BCUT2D eigenvalue weighted by Crippen LogP contribution is 2.02. The van der Waals surface area contributed by atoms with Crippen molar-refractivity contribution in [2.24, 2.45) is 0 Å². The molecule has 14 heavy (non-hydrogen) atoms. The fourth-order valence-corrected chi connectivity index (χ4v) is 1.30. The lowest BCUT2D eigenvalue weighted by atomic mass is 10.1. The Morgan fingerprint density at radius 1 is 1.50 bits per heavy atom. The highest BCUT2D eigenvalue weighted by molar-refractivity contribution is 5.09. The van der Waals surface area contributed by atoms with E-state index in [1.807, 2.05) is 0 Å². The molecule has 0 radical (unpaired) electrons. The maximum absolute atomic E-state index is 9.48. The van der Waals surface area contributed by atoms with Gasteiger partial charge < -0.3 is 15.0 Å². The van der Waals surface area contributed by atoms with Crippen LogP contribution in [0.5, 0.6) is 0 Å². The van der Waals surface area contributed by atoms with Crippen molar-refractivity contribution in [3.8, 4) is 0 Å². The highest BCUT2D eigenvalue weighted by atomic mass is 16.3. The Hall–Kier alpha value is -0.800. The summed E-state index contributed by atoms with van der Waals surface area (Å²) < 4.78 is 2.14. The summed E-state index contributed by atoms with van der Waals surface area (Å²) in [6, 6.07) is 2.10. The molecule has 0 aromatic carbocycles. The molecule has 0 aliphatic heterocycles. The molecule has 2 N–H and O–H groups in total. The second kappa shape index (κ2) is 4.62. The van der Waals surface area contributed by atoms with Crippen LogP contribution in [0.1, 0.15) is 26.3 Å². The zero-order chi connectivity index (χ0) is 10.6. The minimum Gasteiger partial charge on any atom is -0.389 e. The number of rotatable bonds is 5. The number of nitrogens with zero attached hydrogens (tertiary/aromatic N) is 1. The number of hydrogen-bond donors (Lipinski definition) is 2. The lowest BCUT2D eigenvalue weighted by Crippen LogP contribution is -2.34. The smallest absolute Gasteiger partial charge is 0.0715 e. The van der Waals surface area contributed by atoms with Gasteiger partial charge in [-0.15, -0.1) is 0 Å². The first kappa shape index (κ1) is 11.3. The van der Waals surface area contributed by atoms with Crippen LogP contribution in [0.25, 0.3) is 0 Å². The van der Waals surface area contributed by atoms with Gasteiger partial charge in [-0.3, -0.25) is 0 Å². The van der Waals surface area contributed by atoms with Gasteiger partial charge in [0.2, 0.25) is 0 Å². The maximum atomic E-state index is 9.48. The fraction of sp³-hybridized carbons (Fsp3) is 0.636. The Morgan fingerprint density at radius 2 is 2.21 bits per heavy atom. The summed E-state index contributed by atoms with van der Waals surface area (Å²) in [4.78, 5) is 0. The van der Waals surface area contributed by atoms with E-state index in [1.165, 1.54) is 5.56 Å². The molecule has 1 aromatic rings. The average molecular weight is 196 g/mol. The van der Waals surface area contributed by atoms with Crippen LogP contribution in [0, 0.1) is 0 Å². The van der Waals surface area contributed by atoms with Crippen LogP contribution in [-0.2, 0) is 13.1 Å². The van der Waals surface area contributed by atoms with E-state index in [9.17, 15) is 5.11 Å². The standard InChI is InChI=1S/C11H20N2O/c1-4-13-6-5-10(8-13)7-12-9-11(2,3)14/h5-6,8,12,14H,4,7,9H2,1-3H3. The molecule has 0 amide bonds. The summed E-state index contributed by atoms with van der Waals surface area (Å²) >= 11 is 0. The summed E-state index contributed by atoms with van der Waals surface area (Å²) in [6.07, 6.45) is 4.19. The quantitative estimate of drug-likeness (QED) is 0.746. The average Bonchev–Trinajstić information content (AvgIpc) is 2.50. The van der Waals surface area contributed by atoms with Gasteiger partial charge in [0.15, 0.2) is 0 Å². The van der Waals surface area contributed by atoms with Crippen LogP contribution in [0.15, 0.2) is 18.5 Å². The molecule has 3 nitrogen and oxygen atoms in total. The molecule has 0 atom stereocenters. The van der Waals surface area contributed by atoms with E-state index in [0.29, 0.717) is 6.54 Å². The van der Waals surface area contributed by atoms with Crippen molar-refractivity contribution >= 4 is 0 Å². The number of hydrogen-bond acceptors (Lipinski definition) is 2. The molecule has 1 heterocycles. The Labute approximate surface area is 85.7 Å². The molecule has 0 spiro atoms. The Kier molecular flexibility index (Phi) is 3.72. The van der Waals surface area contributed by atoms with Gasteiger partial charge in [0.25, 0.3) is 0 Å². The summed E-state index contributed by atoms with van der Waals surface area (Å²) in [6.45, 7) is 8.16. The third-order valence-corrected chi connectivity index (χ3v) is 2.06. The van der Waals surface area contributed by atoms with E-state index in [2.05, 4.69) is 35.3 Å². The molecule has 0 bridgehead atoms. The van der Waals surface area contributed by atoms with E-state index in [4.69, 9.17) is 0 Å². The van der Waals surface area contributed by atoms with Crippen molar-refractivity contribution in [1.82, 2.24) is 9.88 Å². The van der Waals surface area contributed by atoms with E-state index >= 15 is 0 Å². The van der Waals surface area contributed by atoms with Gasteiger partial charge in [-0.2, -0.15) is 0 Å². The Balaban J connectivity index is 2.31. The molecule has 80 valence electrons. The number of aromatic nitrogens is 1. The summed E-state index contributed by atoms with van der Waals surface area (Å²) in [5.41, 5.74) is 0.629. The first-order valence-corrected chi connectivity index (χ1v) is 5.09. The van der Waals surface area contributed by atoms with Gasteiger partial charge in [-0.05, 0) is 32.4 Å². The van der Waals surface area contributed by atoms with E-state index < -0.39 is 5.60 Å². The maximum Gasteiger partial charge on any atom is 0.0715 e. The van der Waals surface area contributed by atoms with Crippen LogP contribution in [0.2, 0.25) is 0 Å². The van der Waals surface area contributed by atoms with Gasteiger partial charge in [0.1, 0.15) is 0 Å². The van der Waals surface area contributed by atoms with Crippen molar-refractivity contribution < 1.29 is 5.11 Å². The van der Waals surface area contributed by atoms with Gasteiger partial charge in [0.05, 0.1) is 5.60 Å². The van der Waals surface area contributed by atoms with Crippen LogP contribution >= 0.6 is 0 Å². The summed E-state index contributed by atoms with van der Waals surface area (Å²) in [5, 5.41) is 12.7. The second-order valence-electron chi connectivity index (χ2n) is 4.27. The van der Waals surface area contributed by atoms with E-state index in [1.54, 1.807) is 13.8 Å². The third kappa shape index (κ3) is 3.94. The largest absolute Gasteiger partial charge is 0.389 e. The molecule has 0 saturated carbocycles. The third-order valence-electron chi connectivity index (χ3n) is 2.06. The minimum absolute atomic E-state index is 0.615. The zero-order valence-electron chi connectivity index (χ0n) is 9.25. The fourth-order valence-electron chi connectivity index (χ4n) is 1.30. The molecule has 0 aliphatic rings. The summed E-state index contributed by atoms with van der Waals surface area (Å²) in [5.74, 6) is 0. The normalized spacial score (nSPS) is 12.0. The topological polar surface area (TPSA) is 37.2 Å². The molecule has 0 aliphatic carbocycles. The molecular weight excluding hydrogens is 176 g/mol. The van der Waals surface area contributed by atoms with Crippen molar-refractivity contribution in [3.05, 3.63) is 24.0 Å². The lowest BCUT2D eigenvalue weighted by molar-refractivity contribution is 0.0795. The van der Waals surface area contributed by atoms with Gasteiger partial charge in [-0.1, -0.05) is 0 Å². The van der Waals surface area contributed by atoms with Crippen LogP contribution in [-0.4, -0.2) is 21.8 Å². The van der Waals surface area contributed by atoms with Crippen LogP contribution in [0.3, 0.4) is 0 Å². The highest BCUT2D eigenvalue weighted by Gasteiger charge is 2.10. The summed E-state index contributed by atoms with van der Waals surface area (Å²) in [7, 11) is 0. The van der Waals surface area contributed by atoms with E-state index in [-0.39, 0.29) is 0 Å². The van der Waals surface area contributed by atoms with Crippen molar-refractivity contribution in [2.45, 2.75) is 39.5 Å². The lowest BCUT2D eigenvalue weighted by Gasteiger charge is -2.17. The molecule has 0 unspecified atom stereocenters. The number of nitrogens with one attached hydrogen (secondary N) is 1. The Morgan fingerprint density at radius 3 is 2.71 bits per heavy atom. The van der Waals surface area contributed by atoms with Crippen molar-refractivity contribution in [3.63, 3.8) is 0 Å². The predicted octanol–water partition coefficient (Wildman–Crippen LogP) is 1.37. The molecule has 1 rings (SSSR count). The van der Waals surface area contributed by atoms with Gasteiger partial charge >= 0.3 is 0 Å². The van der Waals surface area contributed by atoms with Crippen LogP contribution < -0.4 is 5.32 Å². The SMILES string of the molecule is CCn1ccc(CNCC(C)(C)O)c1. The molecule has 3 heteroatoms. The predicted molar refractivity (Wildman–Crippen MR) is 58.1 cm³/mol. The van der Waals surface area contributed by atoms with Crippen molar-refractivity contribution in [2.75, 3.05) is 6.54 Å². The van der Waals surface area contributed by atoms with Crippen molar-refractivity contribution in [1.29, 1.82) is 0 Å². The molecule has 0 saturated heterocycles. The number of aliphatic hydroxyl groups is 1. The van der Waals surface area contributed by atoms with Gasteiger partial charge in [-0.25, -0.2) is 0 Å². The van der Waals surface area contributed by atoms with Crippen LogP contribution in [0.4, 0.5) is 0 Å². The first-order valence-electron chi connectivity index (χ1n) is 5.09. The second-order valence-corrected chi connectivity index (χ2v) is 4.27.